The van der Waals surface area contributed by atoms with Crippen molar-refractivity contribution in [3.63, 3.8) is 0 Å². The molecule has 2 aromatic carbocycles. The highest BCUT2D eigenvalue weighted by Gasteiger charge is 2.19. The summed E-state index contributed by atoms with van der Waals surface area (Å²) < 4.78 is 0. The maximum atomic E-state index is 11.1. The molecule has 0 amide bonds. The molecular formula is C13H11NO5. The van der Waals surface area contributed by atoms with Gasteiger partial charge in [0.1, 0.15) is 17.3 Å². The van der Waals surface area contributed by atoms with Crippen LogP contribution in [0, 0.1) is 10.1 Å². The van der Waals surface area contributed by atoms with Crippen LogP contribution < -0.4 is 0 Å². The Morgan fingerprint density at radius 3 is 2.21 bits per heavy atom. The van der Waals surface area contributed by atoms with Crippen molar-refractivity contribution in [3.8, 4) is 11.5 Å². The summed E-state index contributed by atoms with van der Waals surface area (Å²) in [6.45, 7) is 1.33. The molecule has 2 aromatic rings. The largest absolute Gasteiger partial charge is 0.507 e. The lowest BCUT2D eigenvalue weighted by molar-refractivity contribution is -0.385. The minimum atomic E-state index is -0.610. The lowest BCUT2D eigenvalue weighted by atomic mass is 10.0. The van der Waals surface area contributed by atoms with Crippen molar-refractivity contribution in [2.24, 2.45) is 0 Å². The molecular weight excluding hydrogens is 250 g/mol. The van der Waals surface area contributed by atoms with Gasteiger partial charge in [0.2, 0.25) is 0 Å². The van der Waals surface area contributed by atoms with Crippen LogP contribution in [-0.4, -0.2) is 20.9 Å². The molecule has 0 aliphatic carbocycles. The molecule has 2 N–H and O–H groups in total. The fourth-order valence-electron chi connectivity index (χ4n) is 1.97. The molecule has 0 aliphatic rings. The second-order valence-electron chi connectivity index (χ2n) is 4.27. The number of rotatable bonds is 3. The van der Waals surface area contributed by atoms with Gasteiger partial charge >= 0.3 is 0 Å². The molecule has 0 radical (unpaired) electrons. The van der Waals surface area contributed by atoms with Crippen molar-refractivity contribution in [3.05, 3.63) is 39.9 Å². The van der Waals surface area contributed by atoms with Crippen molar-refractivity contribution < 1.29 is 19.9 Å². The number of carbonyl (C=O) groups excluding carboxylic acids is 1. The molecule has 0 saturated carbocycles. The number of hydrogen-bond donors (Lipinski definition) is 2. The first-order chi connectivity index (χ1) is 8.90. The van der Waals surface area contributed by atoms with Gasteiger partial charge in [-0.1, -0.05) is 0 Å². The highest BCUT2D eigenvalue weighted by atomic mass is 16.6. The Balaban J connectivity index is 2.80. The third-order valence-electron chi connectivity index (χ3n) is 2.81. The smallest absolute Gasteiger partial charge is 0.273 e. The van der Waals surface area contributed by atoms with Crippen LogP contribution in [0.4, 0.5) is 5.69 Å². The van der Waals surface area contributed by atoms with Gasteiger partial charge in [0.15, 0.2) is 0 Å². The molecule has 0 aromatic heterocycles. The number of hydrogen-bond acceptors (Lipinski definition) is 5. The Labute approximate surface area is 108 Å². The molecule has 6 heteroatoms. The summed E-state index contributed by atoms with van der Waals surface area (Å²) >= 11 is 0. The standard InChI is InChI=1S/C13H11NO5/c1-7(15)4-8-5-9-10(6-11(8)14(18)19)13(17)3-2-12(9)16/h2-3,5-6,16-17H,4H2,1H3. The normalized spacial score (nSPS) is 10.6. The highest BCUT2D eigenvalue weighted by molar-refractivity contribution is 5.96. The molecule has 0 saturated heterocycles. The fourth-order valence-corrected chi connectivity index (χ4v) is 1.97. The van der Waals surface area contributed by atoms with E-state index in [0.29, 0.717) is 0 Å². The second kappa shape index (κ2) is 4.56. The van der Waals surface area contributed by atoms with E-state index in [1.54, 1.807) is 0 Å². The van der Waals surface area contributed by atoms with Crippen LogP contribution in [0.1, 0.15) is 12.5 Å². The first-order valence-electron chi connectivity index (χ1n) is 5.51. The van der Waals surface area contributed by atoms with Gasteiger partial charge in [-0.25, -0.2) is 0 Å². The Morgan fingerprint density at radius 1 is 1.21 bits per heavy atom. The number of phenols is 2. The van der Waals surface area contributed by atoms with Gasteiger partial charge in [-0.2, -0.15) is 0 Å². The predicted molar refractivity (Wildman–Crippen MR) is 68.3 cm³/mol. The summed E-state index contributed by atoms with van der Waals surface area (Å²) in [6.07, 6.45) is -0.0959. The Morgan fingerprint density at radius 2 is 1.74 bits per heavy atom. The number of nitrogens with zero attached hydrogens (tertiary/aromatic N) is 1. The van der Waals surface area contributed by atoms with Crippen LogP contribution in [0.2, 0.25) is 0 Å². The summed E-state index contributed by atoms with van der Waals surface area (Å²) in [5.74, 6) is -0.486. The molecule has 98 valence electrons. The lowest BCUT2D eigenvalue weighted by Crippen LogP contribution is -2.01. The number of nitro benzene ring substituents is 1. The summed E-state index contributed by atoms with van der Waals surface area (Å²) in [6, 6.07) is 5.08. The maximum Gasteiger partial charge on any atom is 0.273 e. The number of carbonyl (C=O) groups is 1. The van der Waals surface area contributed by atoms with E-state index in [1.807, 2.05) is 0 Å². The fraction of sp³-hybridized carbons (Fsp3) is 0.154. The molecule has 0 fully saturated rings. The van der Waals surface area contributed by atoms with Gasteiger partial charge < -0.3 is 10.2 Å². The molecule has 6 nitrogen and oxygen atoms in total. The predicted octanol–water partition coefficient (Wildman–Crippen LogP) is 2.29. The highest BCUT2D eigenvalue weighted by Crippen LogP contribution is 2.36. The maximum absolute atomic E-state index is 11.1. The average molecular weight is 261 g/mol. The second-order valence-corrected chi connectivity index (χ2v) is 4.27. The molecule has 0 spiro atoms. The van der Waals surface area contributed by atoms with Crippen LogP contribution in [0.15, 0.2) is 24.3 Å². The van der Waals surface area contributed by atoms with Gasteiger partial charge in [-0.15, -0.1) is 0 Å². The van der Waals surface area contributed by atoms with Gasteiger partial charge in [0.25, 0.3) is 5.69 Å². The summed E-state index contributed by atoms with van der Waals surface area (Å²) in [5, 5.41) is 30.8. The zero-order chi connectivity index (χ0) is 14.2. The monoisotopic (exact) mass is 261 g/mol. The zero-order valence-corrected chi connectivity index (χ0v) is 10.1. The summed E-state index contributed by atoms with van der Waals surface area (Å²) in [4.78, 5) is 21.5. The molecule has 2 rings (SSSR count). The van der Waals surface area contributed by atoms with Crippen LogP contribution in [0.25, 0.3) is 10.8 Å². The number of Topliss-reactive ketones (excluding diaryl/α,β-unsaturated/α-hetero) is 1. The first-order valence-corrected chi connectivity index (χ1v) is 5.51. The number of nitro groups is 1. The van der Waals surface area contributed by atoms with Crippen molar-refractivity contribution in [1.29, 1.82) is 0 Å². The quantitative estimate of drug-likeness (QED) is 0.501. The number of phenolic OH excluding ortho intramolecular Hbond substituents is 2. The van der Waals surface area contributed by atoms with Gasteiger partial charge in [0.05, 0.1) is 4.92 Å². The van der Waals surface area contributed by atoms with E-state index in [0.717, 1.165) is 0 Å². The number of fused-ring (bicyclic) bond motifs is 1. The van der Waals surface area contributed by atoms with E-state index in [1.165, 1.54) is 31.2 Å². The molecule has 0 aliphatic heterocycles. The third-order valence-corrected chi connectivity index (χ3v) is 2.81. The van der Waals surface area contributed by atoms with Crippen LogP contribution in [0.3, 0.4) is 0 Å². The van der Waals surface area contributed by atoms with Gasteiger partial charge in [0, 0.05) is 28.8 Å². The number of aromatic hydroxyl groups is 2. The Hall–Kier alpha value is -2.63. The third kappa shape index (κ3) is 2.33. The van der Waals surface area contributed by atoms with Crippen LogP contribution in [-0.2, 0) is 11.2 Å². The lowest BCUT2D eigenvalue weighted by Gasteiger charge is -2.07. The first kappa shape index (κ1) is 12.8. The number of ketones is 1. The van der Waals surface area contributed by atoms with Crippen molar-refractivity contribution in [2.45, 2.75) is 13.3 Å². The molecule has 0 bridgehead atoms. The minimum absolute atomic E-state index is 0.0959. The Bertz CT molecular complexity index is 693. The molecule has 0 heterocycles. The average Bonchev–Trinajstić information content (AvgIpc) is 2.32. The molecule has 19 heavy (non-hydrogen) atoms. The van der Waals surface area contributed by atoms with E-state index in [2.05, 4.69) is 0 Å². The van der Waals surface area contributed by atoms with E-state index >= 15 is 0 Å². The van der Waals surface area contributed by atoms with E-state index < -0.39 is 4.92 Å². The minimum Gasteiger partial charge on any atom is -0.507 e. The topological polar surface area (TPSA) is 101 Å². The summed E-state index contributed by atoms with van der Waals surface area (Å²) in [7, 11) is 0. The molecule has 0 unspecified atom stereocenters. The SMILES string of the molecule is CC(=O)Cc1cc2c(O)ccc(O)c2cc1[N+](=O)[O-]. The molecule has 0 atom stereocenters. The zero-order valence-electron chi connectivity index (χ0n) is 10.1. The number of benzene rings is 2. The van der Waals surface area contributed by atoms with E-state index in [-0.39, 0.29) is 45.7 Å². The van der Waals surface area contributed by atoms with Crippen molar-refractivity contribution >= 4 is 22.2 Å². The van der Waals surface area contributed by atoms with Gasteiger partial charge in [-0.05, 0) is 25.1 Å². The van der Waals surface area contributed by atoms with Gasteiger partial charge in [-0.3, -0.25) is 14.9 Å². The van der Waals surface area contributed by atoms with E-state index in [9.17, 15) is 25.1 Å². The van der Waals surface area contributed by atoms with E-state index in [4.69, 9.17) is 0 Å². The Kier molecular flexibility index (Phi) is 3.08. The summed E-state index contributed by atoms with van der Waals surface area (Å²) in [5.41, 5.74) is -0.0329. The van der Waals surface area contributed by atoms with Crippen molar-refractivity contribution in [2.75, 3.05) is 0 Å². The van der Waals surface area contributed by atoms with Crippen LogP contribution in [0.5, 0.6) is 11.5 Å². The van der Waals surface area contributed by atoms with Crippen LogP contribution >= 0.6 is 0 Å². The van der Waals surface area contributed by atoms with Crippen molar-refractivity contribution in [1.82, 2.24) is 0 Å².